The molecule has 0 bridgehead atoms. The Kier molecular flexibility index (Phi) is 5.06. The summed E-state index contributed by atoms with van der Waals surface area (Å²) in [7, 11) is 0. The Labute approximate surface area is 149 Å². The molecule has 5 nitrogen and oxygen atoms in total. The van der Waals surface area contributed by atoms with Gasteiger partial charge in [-0.1, -0.05) is 49.6 Å². The van der Waals surface area contributed by atoms with E-state index in [9.17, 15) is 4.79 Å². The molecule has 1 saturated carbocycles. The summed E-state index contributed by atoms with van der Waals surface area (Å²) in [6.45, 7) is 2.56. The van der Waals surface area contributed by atoms with E-state index in [-0.39, 0.29) is 11.5 Å². The summed E-state index contributed by atoms with van der Waals surface area (Å²) >= 11 is 0. The third-order valence-corrected chi connectivity index (χ3v) is 5.61. The lowest BCUT2D eigenvalue weighted by molar-refractivity contribution is -0.225. The molecule has 2 heterocycles. The average Bonchev–Trinajstić information content (AvgIpc) is 2.69. The molecule has 1 aliphatic carbocycles. The van der Waals surface area contributed by atoms with Crippen LogP contribution in [0.3, 0.4) is 0 Å². The number of ether oxygens (including phenoxy) is 3. The van der Waals surface area contributed by atoms with E-state index in [1.54, 1.807) is 0 Å². The molecule has 2 atom stereocenters. The van der Waals surface area contributed by atoms with Crippen LogP contribution in [-0.2, 0) is 19.0 Å². The van der Waals surface area contributed by atoms with Crippen molar-refractivity contribution in [2.45, 2.75) is 56.5 Å². The number of amides is 1. The highest BCUT2D eigenvalue weighted by atomic mass is 16.7. The average molecular weight is 345 g/mol. The molecule has 4 rings (SSSR count). The number of carbonyl (C=O) groups is 1. The normalized spacial score (nSPS) is 29.5. The maximum atomic E-state index is 13.0. The first-order valence-electron chi connectivity index (χ1n) is 9.51. The van der Waals surface area contributed by atoms with Crippen molar-refractivity contribution in [3.8, 4) is 0 Å². The Hall–Kier alpha value is -1.43. The lowest BCUT2D eigenvalue weighted by atomic mass is 9.83. The zero-order valence-corrected chi connectivity index (χ0v) is 14.7. The van der Waals surface area contributed by atoms with Gasteiger partial charge >= 0.3 is 0 Å². The maximum Gasteiger partial charge on any atom is 0.252 e. The highest BCUT2D eigenvalue weighted by molar-refractivity contribution is 5.81. The molecule has 1 spiro atoms. The van der Waals surface area contributed by atoms with E-state index in [4.69, 9.17) is 14.2 Å². The molecule has 1 aromatic carbocycles. The minimum absolute atomic E-state index is 0.0949. The van der Waals surface area contributed by atoms with Gasteiger partial charge in [0.15, 0.2) is 6.29 Å². The molecule has 2 aliphatic heterocycles. The summed E-state index contributed by atoms with van der Waals surface area (Å²) in [6, 6.07) is 9.84. The molecule has 0 unspecified atom stereocenters. The van der Waals surface area contributed by atoms with Crippen molar-refractivity contribution < 1.29 is 19.0 Å². The van der Waals surface area contributed by atoms with Crippen molar-refractivity contribution in [3.63, 3.8) is 0 Å². The Morgan fingerprint density at radius 2 is 1.88 bits per heavy atom. The van der Waals surface area contributed by atoms with Gasteiger partial charge in [-0.05, 0) is 12.8 Å². The van der Waals surface area contributed by atoms with Crippen LogP contribution in [0, 0.1) is 0 Å². The van der Waals surface area contributed by atoms with Crippen LogP contribution in [0.5, 0.6) is 0 Å². The molecule has 0 radical (unpaired) electrons. The smallest absolute Gasteiger partial charge is 0.252 e. The van der Waals surface area contributed by atoms with E-state index < -0.39 is 12.4 Å². The molecule has 0 N–H and O–H groups in total. The summed E-state index contributed by atoms with van der Waals surface area (Å²) in [5.41, 5.74) is 0.849. The van der Waals surface area contributed by atoms with Crippen molar-refractivity contribution in [1.82, 2.24) is 4.90 Å². The molecule has 5 heteroatoms. The monoisotopic (exact) mass is 345 g/mol. The van der Waals surface area contributed by atoms with Gasteiger partial charge in [0.1, 0.15) is 6.10 Å². The fraction of sp³-hybridized carbons (Fsp3) is 0.650. The Bertz CT molecular complexity index is 579. The second-order valence-electron chi connectivity index (χ2n) is 7.38. The fourth-order valence-electron chi connectivity index (χ4n) is 4.24. The first-order valence-corrected chi connectivity index (χ1v) is 9.51. The molecule has 3 aliphatic rings. The lowest BCUT2D eigenvalue weighted by Crippen LogP contribution is -2.57. The Balaban J connectivity index is 1.41. The molecular weight excluding hydrogens is 318 g/mol. The zero-order valence-electron chi connectivity index (χ0n) is 14.7. The summed E-state index contributed by atoms with van der Waals surface area (Å²) in [5, 5.41) is 0. The second-order valence-corrected chi connectivity index (χ2v) is 7.38. The maximum absolute atomic E-state index is 13.0. The number of hydrogen-bond acceptors (Lipinski definition) is 4. The number of benzene rings is 1. The van der Waals surface area contributed by atoms with Crippen LogP contribution in [0.2, 0.25) is 0 Å². The third-order valence-electron chi connectivity index (χ3n) is 5.61. The predicted octanol–water partition coefficient (Wildman–Crippen LogP) is 3.05. The van der Waals surface area contributed by atoms with Gasteiger partial charge in [-0.3, -0.25) is 4.79 Å². The fourth-order valence-corrected chi connectivity index (χ4v) is 4.24. The number of rotatable bonds is 2. The highest BCUT2D eigenvalue weighted by Crippen LogP contribution is 2.35. The number of hydrogen-bond donors (Lipinski definition) is 0. The first-order chi connectivity index (χ1) is 12.3. The Morgan fingerprint density at radius 3 is 2.68 bits per heavy atom. The summed E-state index contributed by atoms with van der Waals surface area (Å²) < 4.78 is 17.8. The number of nitrogens with zero attached hydrogens (tertiary/aromatic N) is 1. The van der Waals surface area contributed by atoms with Crippen molar-refractivity contribution in [1.29, 1.82) is 0 Å². The standard InChI is InChI=1S/C20H27NO4/c22-18(21-12-14-24-20(15-21)10-5-2-6-11-20)17-9-13-23-19(25-17)16-7-3-1-4-8-16/h1,3-4,7-8,17,19H,2,5-6,9-15H2/t17-,19-/m1/s1. The van der Waals surface area contributed by atoms with Crippen LogP contribution in [0.1, 0.15) is 50.4 Å². The molecule has 2 saturated heterocycles. The summed E-state index contributed by atoms with van der Waals surface area (Å²) in [6.07, 6.45) is 5.56. The summed E-state index contributed by atoms with van der Waals surface area (Å²) in [4.78, 5) is 15.0. The van der Waals surface area contributed by atoms with Crippen molar-refractivity contribution >= 4 is 5.91 Å². The van der Waals surface area contributed by atoms with E-state index in [0.717, 1.165) is 18.4 Å². The molecule has 0 aromatic heterocycles. The van der Waals surface area contributed by atoms with E-state index in [0.29, 0.717) is 32.7 Å². The van der Waals surface area contributed by atoms with Crippen LogP contribution < -0.4 is 0 Å². The molecular formula is C20H27NO4. The van der Waals surface area contributed by atoms with Gasteiger partial charge in [-0.25, -0.2) is 0 Å². The molecule has 136 valence electrons. The van der Waals surface area contributed by atoms with Crippen LogP contribution in [-0.4, -0.2) is 48.8 Å². The first kappa shape index (κ1) is 17.0. The van der Waals surface area contributed by atoms with E-state index >= 15 is 0 Å². The zero-order chi connectivity index (χ0) is 17.1. The van der Waals surface area contributed by atoms with Crippen LogP contribution in [0.4, 0.5) is 0 Å². The van der Waals surface area contributed by atoms with Gasteiger partial charge in [0, 0.05) is 25.1 Å². The summed E-state index contributed by atoms with van der Waals surface area (Å²) in [5.74, 6) is 0.0949. The van der Waals surface area contributed by atoms with Crippen LogP contribution >= 0.6 is 0 Å². The van der Waals surface area contributed by atoms with E-state index in [1.807, 2.05) is 35.2 Å². The number of carbonyl (C=O) groups excluding carboxylic acids is 1. The molecule has 1 amide bonds. The number of morpholine rings is 1. The molecule has 3 fully saturated rings. The van der Waals surface area contributed by atoms with Crippen molar-refractivity contribution in [2.24, 2.45) is 0 Å². The largest absolute Gasteiger partial charge is 0.371 e. The van der Waals surface area contributed by atoms with Crippen molar-refractivity contribution in [2.75, 3.05) is 26.3 Å². The van der Waals surface area contributed by atoms with Gasteiger partial charge in [-0.2, -0.15) is 0 Å². The topological polar surface area (TPSA) is 48.0 Å². The van der Waals surface area contributed by atoms with Crippen LogP contribution in [0.15, 0.2) is 30.3 Å². The van der Waals surface area contributed by atoms with Gasteiger partial charge < -0.3 is 19.1 Å². The SMILES string of the molecule is O=C([C@H]1CCO[C@@H](c2ccccc2)O1)N1CCOC2(CCCCC2)C1. The highest BCUT2D eigenvalue weighted by Gasteiger charge is 2.41. The van der Waals surface area contributed by atoms with Gasteiger partial charge in [0.25, 0.3) is 5.91 Å². The third kappa shape index (κ3) is 3.73. The van der Waals surface area contributed by atoms with Gasteiger partial charge in [0.2, 0.25) is 0 Å². The van der Waals surface area contributed by atoms with Crippen LogP contribution in [0.25, 0.3) is 0 Å². The quantitative estimate of drug-likeness (QED) is 0.827. The minimum Gasteiger partial charge on any atom is -0.371 e. The van der Waals surface area contributed by atoms with E-state index in [1.165, 1.54) is 19.3 Å². The Morgan fingerprint density at radius 1 is 1.08 bits per heavy atom. The van der Waals surface area contributed by atoms with Crippen molar-refractivity contribution in [3.05, 3.63) is 35.9 Å². The molecule has 1 aromatic rings. The van der Waals surface area contributed by atoms with Gasteiger partial charge in [-0.15, -0.1) is 0 Å². The molecule has 25 heavy (non-hydrogen) atoms. The minimum atomic E-state index is -0.450. The van der Waals surface area contributed by atoms with Gasteiger partial charge in [0.05, 0.1) is 18.8 Å². The lowest BCUT2D eigenvalue weighted by Gasteiger charge is -2.46. The predicted molar refractivity (Wildman–Crippen MR) is 93.0 cm³/mol. The second kappa shape index (κ2) is 7.44. The van der Waals surface area contributed by atoms with E-state index in [2.05, 4.69) is 0 Å².